The van der Waals surface area contributed by atoms with E-state index in [9.17, 15) is 4.79 Å². The van der Waals surface area contributed by atoms with Gasteiger partial charge in [-0.25, -0.2) is 9.78 Å². The quantitative estimate of drug-likeness (QED) is 0.805. The Kier molecular flexibility index (Phi) is 5.77. The maximum Gasteiger partial charge on any atom is 0.320 e. The Morgan fingerprint density at radius 2 is 1.95 bits per heavy atom. The van der Waals surface area contributed by atoms with Crippen LogP contribution in [-0.4, -0.2) is 24.2 Å². The highest BCUT2D eigenvalue weighted by molar-refractivity contribution is 5.88. The number of rotatable bonds is 6. The molecule has 2 N–H and O–H groups in total. The summed E-state index contributed by atoms with van der Waals surface area (Å²) in [5, 5.41) is 5.51. The summed E-state index contributed by atoms with van der Waals surface area (Å²) in [7, 11) is 0. The lowest BCUT2D eigenvalue weighted by molar-refractivity contribution is 0.250. The zero-order valence-electron chi connectivity index (χ0n) is 12.9. The van der Waals surface area contributed by atoms with E-state index in [0.717, 1.165) is 17.7 Å². The van der Waals surface area contributed by atoms with Crippen molar-refractivity contribution in [2.24, 2.45) is 0 Å². The summed E-state index contributed by atoms with van der Waals surface area (Å²) >= 11 is 0. The van der Waals surface area contributed by atoms with Gasteiger partial charge in [-0.15, -0.1) is 0 Å². The second-order valence-electron chi connectivity index (χ2n) is 5.06. The smallest absolute Gasteiger partial charge is 0.320 e. The Labute approximate surface area is 130 Å². The molecule has 0 saturated carbocycles. The molecular formula is C17H21N3O2. The number of amides is 2. The van der Waals surface area contributed by atoms with Gasteiger partial charge < -0.3 is 10.1 Å². The standard InChI is InChI=1S/C17H21N3O2/c1-13-6-8-15(9-7-13)22-12-4-11-19-17(21)20-16-14(2)5-3-10-18-16/h3,5-10H,4,11-12H2,1-2H3,(H2,18,19,20,21). The molecule has 5 heteroatoms. The summed E-state index contributed by atoms with van der Waals surface area (Å²) < 4.78 is 5.60. The highest BCUT2D eigenvalue weighted by atomic mass is 16.5. The number of aryl methyl sites for hydroxylation is 2. The van der Waals surface area contributed by atoms with Crippen molar-refractivity contribution in [2.45, 2.75) is 20.3 Å². The third-order valence-corrected chi connectivity index (χ3v) is 3.14. The first-order chi connectivity index (χ1) is 10.6. The van der Waals surface area contributed by atoms with Crippen LogP contribution in [0.4, 0.5) is 10.6 Å². The monoisotopic (exact) mass is 299 g/mol. The molecule has 0 aliphatic rings. The average molecular weight is 299 g/mol. The van der Waals surface area contributed by atoms with Crippen LogP contribution in [0.3, 0.4) is 0 Å². The lowest BCUT2D eigenvalue weighted by Gasteiger charge is -2.09. The number of carbonyl (C=O) groups is 1. The minimum absolute atomic E-state index is 0.253. The molecule has 22 heavy (non-hydrogen) atoms. The van der Waals surface area contributed by atoms with Crippen molar-refractivity contribution in [3.8, 4) is 5.75 Å². The fourth-order valence-corrected chi connectivity index (χ4v) is 1.87. The third kappa shape index (κ3) is 5.09. The first-order valence-electron chi connectivity index (χ1n) is 7.31. The van der Waals surface area contributed by atoms with Gasteiger partial charge in [0.05, 0.1) is 6.61 Å². The van der Waals surface area contributed by atoms with Crippen molar-refractivity contribution in [3.63, 3.8) is 0 Å². The summed E-state index contributed by atoms with van der Waals surface area (Å²) in [4.78, 5) is 15.8. The molecule has 5 nitrogen and oxygen atoms in total. The second kappa shape index (κ2) is 8.02. The molecule has 0 aliphatic carbocycles. The molecule has 0 unspecified atom stereocenters. The van der Waals surface area contributed by atoms with E-state index in [4.69, 9.17) is 4.74 Å². The van der Waals surface area contributed by atoms with Crippen LogP contribution in [-0.2, 0) is 0 Å². The highest BCUT2D eigenvalue weighted by Gasteiger charge is 2.04. The number of pyridine rings is 1. The summed E-state index contributed by atoms with van der Waals surface area (Å²) in [6.07, 6.45) is 2.39. The number of nitrogens with zero attached hydrogens (tertiary/aromatic N) is 1. The van der Waals surface area contributed by atoms with Crippen molar-refractivity contribution < 1.29 is 9.53 Å². The van der Waals surface area contributed by atoms with Gasteiger partial charge in [0, 0.05) is 12.7 Å². The third-order valence-electron chi connectivity index (χ3n) is 3.14. The second-order valence-corrected chi connectivity index (χ2v) is 5.06. The highest BCUT2D eigenvalue weighted by Crippen LogP contribution is 2.11. The van der Waals surface area contributed by atoms with Gasteiger partial charge in [0.2, 0.25) is 0 Å². The first kappa shape index (κ1) is 15.8. The molecule has 0 atom stereocenters. The molecule has 0 radical (unpaired) electrons. The number of ether oxygens (including phenoxy) is 1. The minimum Gasteiger partial charge on any atom is -0.494 e. The Hall–Kier alpha value is -2.56. The number of hydrogen-bond donors (Lipinski definition) is 2. The molecule has 2 aromatic rings. The number of benzene rings is 1. The Balaban J connectivity index is 1.63. The molecule has 1 aromatic carbocycles. The van der Waals surface area contributed by atoms with Gasteiger partial charge in [0.1, 0.15) is 11.6 Å². The molecular weight excluding hydrogens is 278 g/mol. The van der Waals surface area contributed by atoms with Crippen LogP contribution in [0.15, 0.2) is 42.6 Å². The molecule has 1 aromatic heterocycles. The molecule has 0 saturated heterocycles. The molecule has 0 aliphatic heterocycles. The van der Waals surface area contributed by atoms with Crippen molar-refractivity contribution >= 4 is 11.8 Å². The lowest BCUT2D eigenvalue weighted by atomic mass is 10.2. The molecule has 0 bridgehead atoms. The van der Waals surface area contributed by atoms with Crippen LogP contribution in [0.1, 0.15) is 17.5 Å². The molecule has 0 spiro atoms. The Morgan fingerprint density at radius 3 is 2.68 bits per heavy atom. The topological polar surface area (TPSA) is 63.2 Å². The predicted molar refractivity (Wildman–Crippen MR) is 87.3 cm³/mol. The summed E-state index contributed by atoms with van der Waals surface area (Å²) in [5.74, 6) is 1.43. The maximum atomic E-state index is 11.7. The van der Waals surface area contributed by atoms with Gasteiger partial charge >= 0.3 is 6.03 Å². The lowest BCUT2D eigenvalue weighted by Crippen LogP contribution is -2.30. The van der Waals surface area contributed by atoms with E-state index in [1.54, 1.807) is 6.20 Å². The summed E-state index contributed by atoms with van der Waals surface area (Å²) in [6.45, 7) is 5.04. The van der Waals surface area contributed by atoms with E-state index < -0.39 is 0 Å². The van der Waals surface area contributed by atoms with Crippen molar-refractivity contribution in [1.82, 2.24) is 10.3 Å². The van der Waals surface area contributed by atoms with E-state index in [1.807, 2.05) is 50.2 Å². The minimum atomic E-state index is -0.253. The molecule has 2 rings (SSSR count). The Morgan fingerprint density at radius 1 is 1.18 bits per heavy atom. The largest absolute Gasteiger partial charge is 0.494 e. The van der Waals surface area contributed by atoms with Gasteiger partial charge in [0.15, 0.2) is 0 Å². The van der Waals surface area contributed by atoms with Gasteiger partial charge in [-0.05, 0) is 44.0 Å². The van der Waals surface area contributed by atoms with Crippen LogP contribution in [0.25, 0.3) is 0 Å². The van der Waals surface area contributed by atoms with Crippen LogP contribution < -0.4 is 15.4 Å². The van der Waals surface area contributed by atoms with Gasteiger partial charge in [0.25, 0.3) is 0 Å². The van der Waals surface area contributed by atoms with Crippen molar-refractivity contribution in [1.29, 1.82) is 0 Å². The summed E-state index contributed by atoms with van der Waals surface area (Å²) in [6, 6.07) is 11.4. The van der Waals surface area contributed by atoms with E-state index in [0.29, 0.717) is 19.0 Å². The van der Waals surface area contributed by atoms with E-state index in [1.165, 1.54) is 5.56 Å². The number of hydrogen-bond acceptors (Lipinski definition) is 3. The SMILES string of the molecule is Cc1ccc(OCCCNC(=O)Nc2ncccc2C)cc1. The number of urea groups is 1. The van der Waals surface area contributed by atoms with E-state index in [2.05, 4.69) is 15.6 Å². The Bertz CT molecular complexity index is 612. The van der Waals surface area contributed by atoms with Crippen LogP contribution >= 0.6 is 0 Å². The van der Waals surface area contributed by atoms with Crippen LogP contribution in [0.2, 0.25) is 0 Å². The van der Waals surface area contributed by atoms with Crippen LogP contribution in [0.5, 0.6) is 5.75 Å². The number of nitrogens with one attached hydrogen (secondary N) is 2. The van der Waals surface area contributed by atoms with Crippen molar-refractivity contribution in [3.05, 3.63) is 53.7 Å². The molecule has 0 fully saturated rings. The number of anilines is 1. The van der Waals surface area contributed by atoms with E-state index in [-0.39, 0.29) is 6.03 Å². The summed E-state index contributed by atoms with van der Waals surface area (Å²) in [5.41, 5.74) is 2.14. The van der Waals surface area contributed by atoms with Gasteiger partial charge in [-0.1, -0.05) is 23.8 Å². The molecule has 1 heterocycles. The number of carbonyl (C=O) groups excluding carboxylic acids is 1. The number of aromatic nitrogens is 1. The zero-order valence-corrected chi connectivity index (χ0v) is 12.9. The van der Waals surface area contributed by atoms with Crippen LogP contribution in [0, 0.1) is 13.8 Å². The molecule has 2 amide bonds. The van der Waals surface area contributed by atoms with Gasteiger partial charge in [-0.2, -0.15) is 0 Å². The normalized spacial score (nSPS) is 10.1. The van der Waals surface area contributed by atoms with Gasteiger partial charge in [-0.3, -0.25) is 5.32 Å². The average Bonchev–Trinajstić information content (AvgIpc) is 2.51. The molecule has 116 valence electrons. The first-order valence-corrected chi connectivity index (χ1v) is 7.31. The van der Waals surface area contributed by atoms with Crippen molar-refractivity contribution in [2.75, 3.05) is 18.5 Å². The predicted octanol–water partition coefficient (Wildman–Crippen LogP) is 3.29. The fraction of sp³-hybridized carbons (Fsp3) is 0.294. The zero-order chi connectivity index (χ0) is 15.8. The fourth-order valence-electron chi connectivity index (χ4n) is 1.87. The van der Waals surface area contributed by atoms with E-state index >= 15 is 0 Å². The maximum absolute atomic E-state index is 11.7.